The maximum absolute atomic E-state index is 12.8. The number of amides is 2. The first-order chi connectivity index (χ1) is 15.2. The first kappa shape index (κ1) is 27.7. The van der Waals surface area contributed by atoms with Gasteiger partial charge in [0, 0.05) is 24.8 Å². The van der Waals surface area contributed by atoms with Crippen LogP contribution in [0.5, 0.6) is 0 Å². The van der Waals surface area contributed by atoms with Crippen LogP contribution in [-0.4, -0.2) is 54.0 Å². The van der Waals surface area contributed by atoms with Crippen LogP contribution in [0.3, 0.4) is 0 Å². The Morgan fingerprint density at radius 2 is 1.72 bits per heavy atom. The van der Waals surface area contributed by atoms with Crippen molar-refractivity contribution in [2.24, 2.45) is 23.3 Å². The van der Waals surface area contributed by atoms with Gasteiger partial charge in [0.1, 0.15) is 11.8 Å². The lowest BCUT2D eigenvalue weighted by Crippen LogP contribution is -2.55. The van der Waals surface area contributed by atoms with Crippen LogP contribution in [0.2, 0.25) is 0 Å². The highest BCUT2D eigenvalue weighted by Crippen LogP contribution is 2.13. The molecule has 7 N–H and O–H groups in total. The second-order valence-corrected chi connectivity index (χ2v) is 8.52. The van der Waals surface area contributed by atoms with Gasteiger partial charge in [-0.3, -0.25) is 14.4 Å². The Morgan fingerprint density at radius 3 is 2.25 bits per heavy atom. The average molecular weight is 449 g/mol. The lowest BCUT2D eigenvalue weighted by atomic mass is 9.94. The number of aliphatic hydroxyl groups excluding tert-OH is 1. The number of ketones is 1. The molecule has 0 aliphatic heterocycles. The topological polar surface area (TPSA) is 148 Å². The molecule has 0 radical (unpaired) electrons. The molecule has 0 heterocycles. The molecule has 8 nitrogen and oxygen atoms in total. The average Bonchev–Trinajstić information content (AvgIpc) is 2.76. The highest BCUT2D eigenvalue weighted by atomic mass is 16.3. The molecule has 0 aliphatic rings. The Kier molecular flexibility index (Phi) is 12.8. The number of carbonyl (C=O) groups excluding carboxylic acids is 3. The second kappa shape index (κ2) is 14.7. The summed E-state index contributed by atoms with van der Waals surface area (Å²) in [5, 5.41) is 15.6. The molecule has 0 spiro atoms. The van der Waals surface area contributed by atoms with E-state index in [-0.39, 0.29) is 36.0 Å². The quantitative estimate of drug-likeness (QED) is 0.269. The van der Waals surface area contributed by atoms with Crippen molar-refractivity contribution >= 4 is 17.6 Å². The molecule has 3 unspecified atom stereocenters. The Bertz CT molecular complexity index is 711. The molecule has 1 rings (SSSR count). The van der Waals surface area contributed by atoms with Gasteiger partial charge >= 0.3 is 0 Å². The molecular weight excluding hydrogens is 408 g/mol. The molecule has 5 atom stereocenters. The number of rotatable bonds is 15. The van der Waals surface area contributed by atoms with Gasteiger partial charge in [0.05, 0.1) is 6.10 Å². The van der Waals surface area contributed by atoms with Crippen LogP contribution in [0.25, 0.3) is 0 Å². The summed E-state index contributed by atoms with van der Waals surface area (Å²) in [4.78, 5) is 37.4. The molecule has 0 fully saturated rings. The van der Waals surface area contributed by atoms with E-state index in [2.05, 4.69) is 10.6 Å². The van der Waals surface area contributed by atoms with Crippen LogP contribution in [0.4, 0.5) is 0 Å². The molecule has 0 aliphatic carbocycles. The number of Topliss-reactive ketones (excluding diaryl/α,β-unsaturated/α-hetero) is 1. The lowest BCUT2D eigenvalue weighted by molar-refractivity contribution is -0.132. The summed E-state index contributed by atoms with van der Waals surface area (Å²) >= 11 is 0. The summed E-state index contributed by atoms with van der Waals surface area (Å²) in [7, 11) is 0. The number of hydrogen-bond acceptors (Lipinski definition) is 6. The number of nitrogens with two attached hydrogens (primary N) is 2. The number of benzene rings is 1. The molecule has 180 valence electrons. The molecule has 8 heteroatoms. The normalized spacial score (nSPS) is 15.8. The zero-order valence-corrected chi connectivity index (χ0v) is 19.5. The summed E-state index contributed by atoms with van der Waals surface area (Å²) in [6, 6.07) is 8.34. The summed E-state index contributed by atoms with van der Waals surface area (Å²) in [6.45, 7) is 5.77. The van der Waals surface area contributed by atoms with E-state index in [4.69, 9.17) is 11.5 Å². The zero-order chi connectivity index (χ0) is 24.1. The highest BCUT2D eigenvalue weighted by molar-refractivity contribution is 5.88. The van der Waals surface area contributed by atoms with Gasteiger partial charge in [0.25, 0.3) is 0 Å². The Balaban J connectivity index is 2.73. The fourth-order valence-corrected chi connectivity index (χ4v) is 3.73. The summed E-state index contributed by atoms with van der Waals surface area (Å²) < 4.78 is 0. The number of nitrogens with one attached hydrogen (secondary N) is 2. The summed E-state index contributed by atoms with van der Waals surface area (Å²) in [5.74, 6) is -1.01. The minimum atomic E-state index is -1.10. The first-order valence-corrected chi connectivity index (χ1v) is 11.5. The van der Waals surface area contributed by atoms with Gasteiger partial charge in [0.2, 0.25) is 11.8 Å². The van der Waals surface area contributed by atoms with E-state index in [0.29, 0.717) is 38.8 Å². The molecule has 0 aromatic heterocycles. The van der Waals surface area contributed by atoms with Gasteiger partial charge in [0.15, 0.2) is 0 Å². The van der Waals surface area contributed by atoms with Gasteiger partial charge in [-0.1, -0.05) is 44.2 Å². The van der Waals surface area contributed by atoms with Crippen molar-refractivity contribution < 1.29 is 19.5 Å². The maximum atomic E-state index is 12.8. The fourth-order valence-electron chi connectivity index (χ4n) is 3.73. The molecule has 0 saturated carbocycles. The third kappa shape index (κ3) is 9.89. The minimum Gasteiger partial charge on any atom is -0.391 e. The Hall–Kier alpha value is -2.29. The third-order valence-electron chi connectivity index (χ3n) is 5.65. The van der Waals surface area contributed by atoms with Crippen LogP contribution in [0.1, 0.15) is 52.0 Å². The van der Waals surface area contributed by atoms with Crippen LogP contribution in [-0.2, 0) is 20.8 Å². The van der Waals surface area contributed by atoms with Gasteiger partial charge in [-0.05, 0) is 50.8 Å². The molecule has 0 bridgehead atoms. The van der Waals surface area contributed by atoms with Crippen molar-refractivity contribution in [3.05, 3.63) is 35.9 Å². The highest BCUT2D eigenvalue weighted by Gasteiger charge is 2.29. The standard InChI is InChI=1S/C24H40N4O4/c1-4-21(30)16(2)12-20(10-11-25)27-24(32)23(17(3)29)28-22(31)14-19(15-26)13-18-8-6-5-7-9-18/h5-9,16-17,19-20,23,29H,4,10-15,25-26H2,1-3H3,(H,27,32)(H,28,31)/t16?,17?,19?,20-,23-/m0/s1. The van der Waals surface area contributed by atoms with Gasteiger partial charge in [-0.2, -0.15) is 0 Å². The molecule has 2 amide bonds. The van der Waals surface area contributed by atoms with Crippen LogP contribution in [0, 0.1) is 11.8 Å². The Labute approximate surface area is 191 Å². The Morgan fingerprint density at radius 1 is 1.06 bits per heavy atom. The number of hydrogen-bond donors (Lipinski definition) is 5. The van der Waals surface area contributed by atoms with E-state index < -0.39 is 18.1 Å². The van der Waals surface area contributed by atoms with Crippen LogP contribution in [0.15, 0.2) is 30.3 Å². The molecule has 32 heavy (non-hydrogen) atoms. The molecular formula is C24H40N4O4. The number of aliphatic hydroxyl groups is 1. The first-order valence-electron chi connectivity index (χ1n) is 11.5. The smallest absolute Gasteiger partial charge is 0.245 e. The number of carbonyl (C=O) groups is 3. The van der Waals surface area contributed by atoms with Crippen molar-refractivity contribution in [2.45, 2.75) is 71.1 Å². The van der Waals surface area contributed by atoms with Gasteiger partial charge < -0.3 is 27.2 Å². The predicted octanol–water partition coefficient (Wildman–Crippen LogP) is 0.899. The van der Waals surface area contributed by atoms with E-state index >= 15 is 0 Å². The van der Waals surface area contributed by atoms with Crippen molar-refractivity contribution in [1.29, 1.82) is 0 Å². The summed E-state index contributed by atoms with van der Waals surface area (Å²) in [6.07, 6.45) is 1.11. The van der Waals surface area contributed by atoms with E-state index in [9.17, 15) is 19.5 Å². The van der Waals surface area contributed by atoms with Crippen LogP contribution >= 0.6 is 0 Å². The lowest BCUT2D eigenvalue weighted by Gasteiger charge is -2.26. The zero-order valence-electron chi connectivity index (χ0n) is 19.5. The largest absolute Gasteiger partial charge is 0.391 e. The minimum absolute atomic E-state index is 0.0824. The predicted molar refractivity (Wildman–Crippen MR) is 126 cm³/mol. The van der Waals surface area contributed by atoms with Crippen molar-refractivity contribution in [3.63, 3.8) is 0 Å². The molecule has 0 saturated heterocycles. The molecule has 1 aromatic rings. The summed E-state index contributed by atoms with van der Waals surface area (Å²) in [5.41, 5.74) is 12.6. The third-order valence-corrected chi connectivity index (χ3v) is 5.65. The second-order valence-electron chi connectivity index (χ2n) is 8.52. The van der Waals surface area contributed by atoms with Gasteiger partial charge in [-0.15, -0.1) is 0 Å². The molecule has 1 aromatic carbocycles. The fraction of sp³-hybridized carbons (Fsp3) is 0.625. The van der Waals surface area contributed by atoms with Crippen molar-refractivity contribution in [2.75, 3.05) is 13.1 Å². The maximum Gasteiger partial charge on any atom is 0.245 e. The van der Waals surface area contributed by atoms with Crippen LogP contribution < -0.4 is 22.1 Å². The van der Waals surface area contributed by atoms with E-state index in [1.807, 2.05) is 37.3 Å². The van der Waals surface area contributed by atoms with E-state index in [1.165, 1.54) is 6.92 Å². The van der Waals surface area contributed by atoms with Gasteiger partial charge in [-0.25, -0.2) is 0 Å². The monoisotopic (exact) mass is 448 g/mol. The SMILES string of the molecule is CCC(=O)C(C)C[C@H](CCN)NC(=O)[C@@H](NC(=O)CC(CN)Cc1ccccc1)C(C)O. The van der Waals surface area contributed by atoms with Crippen molar-refractivity contribution in [1.82, 2.24) is 10.6 Å². The van der Waals surface area contributed by atoms with E-state index in [0.717, 1.165) is 5.56 Å². The van der Waals surface area contributed by atoms with E-state index in [1.54, 1.807) is 6.92 Å². The van der Waals surface area contributed by atoms with Crippen molar-refractivity contribution in [3.8, 4) is 0 Å².